The van der Waals surface area contributed by atoms with Crippen molar-refractivity contribution in [2.75, 3.05) is 13.2 Å². The van der Waals surface area contributed by atoms with Gasteiger partial charge in [0, 0.05) is 22.8 Å². The molecule has 0 aromatic heterocycles. The first-order valence-corrected chi connectivity index (χ1v) is 12.5. The highest BCUT2D eigenvalue weighted by Crippen LogP contribution is 2.26. The number of ketones is 2. The lowest BCUT2D eigenvalue weighted by Crippen LogP contribution is -2.03. The van der Waals surface area contributed by atoms with Crippen molar-refractivity contribution in [2.45, 2.75) is 25.7 Å². The fourth-order valence-electron chi connectivity index (χ4n) is 3.93. The molecule has 0 saturated heterocycles. The van der Waals surface area contributed by atoms with E-state index in [4.69, 9.17) is 9.47 Å². The second-order valence-corrected chi connectivity index (χ2v) is 8.70. The van der Waals surface area contributed by atoms with Crippen molar-refractivity contribution in [1.29, 1.82) is 0 Å². The molecule has 37 heavy (non-hydrogen) atoms. The van der Waals surface area contributed by atoms with E-state index in [1.54, 1.807) is 48.5 Å². The first-order chi connectivity index (χ1) is 18.1. The van der Waals surface area contributed by atoms with Gasteiger partial charge in [-0.2, -0.15) is 0 Å². The molecule has 0 saturated carbocycles. The molecule has 0 fully saturated rings. The van der Waals surface area contributed by atoms with Crippen molar-refractivity contribution in [3.8, 4) is 17.2 Å². The molecule has 0 spiro atoms. The molecule has 4 aromatic rings. The number of carbonyl (C=O) groups is 2. The maximum Gasteiger partial charge on any atom is 0.196 e. The Morgan fingerprint density at radius 3 is 1.59 bits per heavy atom. The molecule has 0 bridgehead atoms. The quantitative estimate of drug-likeness (QED) is 0.162. The second kappa shape index (κ2) is 13.1. The van der Waals surface area contributed by atoms with Crippen molar-refractivity contribution in [3.05, 3.63) is 125 Å². The van der Waals surface area contributed by atoms with Gasteiger partial charge in [0.2, 0.25) is 0 Å². The summed E-state index contributed by atoms with van der Waals surface area (Å²) in [6.07, 6.45) is 3.79. The molecule has 0 atom stereocenters. The molecule has 188 valence electrons. The lowest BCUT2D eigenvalue weighted by atomic mass is 10.0. The molecule has 0 amide bonds. The van der Waals surface area contributed by atoms with Gasteiger partial charge >= 0.3 is 0 Å². The van der Waals surface area contributed by atoms with Crippen LogP contribution in [0.15, 0.2) is 103 Å². The van der Waals surface area contributed by atoms with Gasteiger partial charge in [0.15, 0.2) is 11.6 Å². The minimum Gasteiger partial charge on any atom is -0.507 e. The van der Waals surface area contributed by atoms with Gasteiger partial charge in [-0.05, 0) is 62.1 Å². The van der Waals surface area contributed by atoms with Gasteiger partial charge in [-0.25, -0.2) is 0 Å². The number of hydrogen-bond donors (Lipinski definition) is 1. The third-order valence-corrected chi connectivity index (χ3v) is 5.98. The summed E-state index contributed by atoms with van der Waals surface area (Å²) < 4.78 is 11.5. The van der Waals surface area contributed by atoms with Gasteiger partial charge < -0.3 is 14.6 Å². The maximum atomic E-state index is 12.5. The van der Waals surface area contributed by atoms with Crippen LogP contribution in [0, 0.1) is 0 Å². The van der Waals surface area contributed by atoms with Gasteiger partial charge in [0.05, 0.1) is 18.8 Å². The summed E-state index contributed by atoms with van der Waals surface area (Å²) in [5.41, 5.74) is 2.11. The van der Waals surface area contributed by atoms with Crippen LogP contribution < -0.4 is 9.47 Å². The largest absolute Gasteiger partial charge is 0.507 e. The number of phenols is 1. The third kappa shape index (κ3) is 7.31. The number of hydrogen-bond acceptors (Lipinski definition) is 5. The van der Waals surface area contributed by atoms with Crippen LogP contribution in [0.25, 0.3) is 0 Å². The van der Waals surface area contributed by atoms with Gasteiger partial charge in [0.25, 0.3) is 0 Å². The van der Waals surface area contributed by atoms with Gasteiger partial charge in [-0.15, -0.1) is 0 Å². The Kier molecular flexibility index (Phi) is 9.08. The van der Waals surface area contributed by atoms with Crippen molar-refractivity contribution in [2.24, 2.45) is 0 Å². The summed E-state index contributed by atoms with van der Waals surface area (Å²) >= 11 is 0. The Labute approximate surface area is 217 Å². The highest BCUT2D eigenvalue weighted by Gasteiger charge is 2.14. The molecule has 0 radical (unpaired) electrons. The van der Waals surface area contributed by atoms with E-state index in [0.29, 0.717) is 35.7 Å². The minimum atomic E-state index is -0.219. The Morgan fingerprint density at radius 1 is 0.541 bits per heavy atom. The first-order valence-electron chi connectivity index (χ1n) is 12.5. The topological polar surface area (TPSA) is 72.8 Å². The van der Waals surface area contributed by atoms with E-state index < -0.39 is 0 Å². The summed E-state index contributed by atoms with van der Waals surface area (Å²) in [7, 11) is 0. The van der Waals surface area contributed by atoms with E-state index in [9.17, 15) is 14.7 Å². The molecule has 1 N–H and O–H groups in total. The SMILES string of the molecule is O=C(c1ccccc1)c1ccc(OCCCCCCOc2ccc(C(=O)c3ccccc3)c(O)c2)cc1. The van der Waals surface area contributed by atoms with E-state index in [1.807, 2.05) is 48.5 Å². The van der Waals surface area contributed by atoms with Gasteiger partial charge in [-0.1, -0.05) is 60.7 Å². The van der Waals surface area contributed by atoms with E-state index in [2.05, 4.69) is 0 Å². The molecule has 0 unspecified atom stereocenters. The molecule has 5 nitrogen and oxygen atoms in total. The zero-order valence-electron chi connectivity index (χ0n) is 20.6. The van der Waals surface area contributed by atoms with Gasteiger partial charge in [-0.3, -0.25) is 9.59 Å². The number of benzene rings is 4. The zero-order valence-corrected chi connectivity index (χ0v) is 20.6. The number of unbranched alkanes of at least 4 members (excludes halogenated alkanes) is 3. The molecule has 4 aromatic carbocycles. The van der Waals surface area contributed by atoms with Crippen LogP contribution in [0.5, 0.6) is 17.2 Å². The minimum absolute atomic E-state index is 0.00111. The first kappa shape index (κ1) is 25.7. The lowest BCUT2D eigenvalue weighted by Gasteiger charge is -2.09. The molecule has 0 aliphatic rings. The van der Waals surface area contributed by atoms with Crippen molar-refractivity contribution >= 4 is 11.6 Å². The van der Waals surface area contributed by atoms with E-state index in [1.165, 1.54) is 6.07 Å². The molecular formula is C32H30O5. The summed E-state index contributed by atoms with van der Waals surface area (Å²) in [5.74, 6) is 0.993. The van der Waals surface area contributed by atoms with Crippen LogP contribution >= 0.6 is 0 Å². The van der Waals surface area contributed by atoms with Crippen LogP contribution in [-0.4, -0.2) is 29.9 Å². The zero-order chi connectivity index (χ0) is 25.9. The second-order valence-electron chi connectivity index (χ2n) is 8.70. The number of ether oxygens (including phenoxy) is 2. The Morgan fingerprint density at radius 2 is 1.03 bits per heavy atom. The number of carbonyl (C=O) groups excluding carboxylic acids is 2. The normalized spacial score (nSPS) is 10.6. The molecular weight excluding hydrogens is 464 g/mol. The molecule has 4 rings (SSSR count). The summed E-state index contributed by atoms with van der Waals surface area (Å²) in [6.45, 7) is 1.14. The highest BCUT2D eigenvalue weighted by atomic mass is 16.5. The number of rotatable bonds is 13. The van der Waals surface area contributed by atoms with Crippen molar-refractivity contribution < 1.29 is 24.2 Å². The fourth-order valence-corrected chi connectivity index (χ4v) is 3.93. The summed E-state index contributed by atoms with van der Waals surface area (Å²) in [4.78, 5) is 25.0. The van der Waals surface area contributed by atoms with Gasteiger partial charge in [0.1, 0.15) is 17.2 Å². The number of aromatic hydroxyl groups is 1. The van der Waals surface area contributed by atoms with E-state index in [-0.39, 0.29) is 22.9 Å². The van der Waals surface area contributed by atoms with Crippen LogP contribution in [0.3, 0.4) is 0 Å². The van der Waals surface area contributed by atoms with E-state index >= 15 is 0 Å². The Balaban J connectivity index is 1.11. The average molecular weight is 495 g/mol. The van der Waals surface area contributed by atoms with Crippen molar-refractivity contribution in [3.63, 3.8) is 0 Å². The molecule has 0 aliphatic heterocycles. The van der Waals surface area contributed by atoms with Crippen LogP contribution in [0.2, 0.25) is 0 Å². The molecule has 0 aliphatic carbocycles. The predicted octanol–water partition coefficient (Wildman–Crippen LogP) is 6.87. The predicted molar refractivity (Wildman–Crippen MR) is 144 cm³/mol. The third-order valence-electron chi connectivity index (χ3n) is 5.98. The van der Waals surface area contributed by atoms with Crippen LogP contribution in [-0.2, 0) is 0 Å². The van der Waals surface area contributed by atoms with Crippen molar-refractivity contribution in [1.82, 2.24) is 0 Å². The molecule has 5 heteroatoms. The monoisotopic (exact) mass is 494 g/mol. The summed E-state index contributed by atoms with van der Waals surface area (Å²) in [5, 5.41) is 10.3. The molecule has 0 heterocycles. The summed E-state index contributed by atoms with van der Waals surface area (Å²) in [6, 6.07) is 30.2. The maximum absolute atomic E-state index is 12.5. The van der Waals surface area contributed by atoms with Crippen LogP contribution in [0.1, 0.15) is 57.5 Å². The average Bonchev–Trinajstić information content (AvgIpc) is 2.95. The smallest absolute Gasteiger partial charge is 0.196 e. The standard InChI is InChI=1S/C32H30O5/c33-30-23-28(19-20-29(30)32(35)25-13-7-4-8-14-25)37-22-10-2-1-9-21-36-27-17-15-26(16-18-27)31(34)24-11-5-3-6-12-24/h3-8,11-20,23,33H,1-2,9-10,21-22H2. The van der Waals surface area contributed by atoms with Crippen LogP contribution in [0.4, 0.5) is 0 Å². The lowest BCUT2D eigenvalue weighted by molar-refractivity contribution is 0.102. The Hall–Kier alpha value is -4.38. The Bertz CT molecular complexity index is 1300. The fraction of sp³-hybridized carbons (Fsp3) is 0.188. The highest BCUT2D eigenvalue weighted by molar-refractivity contribution is 6.10. The van der Waals surface area contributed by atoms with E-state index in [0.717, 1.165) is 31.4 Å². The number of phenolic OH excluding ortho intramolecular Hbond substituents is 1.